The van der Waals surface area contributed by atoms with Crippen molar-refractivity contribution < 1.29 is 45.2 Å². The fraction of sp³-hybridized carbons (Fsp3) is 0.296. The number of fused-ring (bicyclic) bond motifs is 3. The van der Waals surface area contributed by atoms with Crippen molar-refractivity contribution in [2.75, 3.05) is 14.1 Å². The first-order valence-corrected chi connectivity index (χ1v) is 12.1. The minimum absolute atomic E-state index is 0.0329. The maximum absolute atomic E-state index is 13.9. The summed E-state index contributed by atoms with van der Waals surface area (Å²) in [5.41, 5.74) is 2.93. The van der Waals surface area contributed by atoms with Gasteiger partial charge in [0.2, 0.25) is 5.78 Å². The molecule has 3 aliphatic carbocycles. The lowest BCUT2D eigenvalue weighted by molar-refractivity contribution is -0.991. The van der Waals surface area contributed by atoms with Crippen LogP contribution < -0.4 is 11.0 Å². The number of aliphatic hydroxyl groups is 3. The summed E-state index contributed by atoms with van der Waals surface area (Å²) in [5, 5.41) is 64.4. The number of nitrogens with two attached hydrogens (primary N) is 1. The van der Waals surface area contributed by atoms with E-state index in [0.717, 1.165) is 0 Å². The fourth-order valence-electron chi connectivity index (χ4n) is 6.33. The third-order valence-corrected chi connectivity index (χ3v) is 8.02. The van der Waals surface area contributed by atoms with Crippen molar-refractivity contribution in [1.82, 2.24) is 4.90 Å². The van der Waals surface area contributed by atoms with Gasteiger partial charge >= 0.3 is 0 Å². The van der Waals surface area contributed by atoms with Crippen LogP contribution in [-0.2, 0) is 20.8 Å². The standard InChI is InChI=1S/C27H27N3O9/c1-29(2)21-16-10-12-9-15-14(11-4-3-5-13(8-11)30(38)39)6-7-17(31)19(15)22(32)18(12)24(34)27(16,37)25(35)20(23(21)33)26(28)36/h3-8,12,16,21,30-32,35,37-38H,9-10H2,1-2H3,(H2,28,36)/t12-,16-,21-,27-/m0/s1. The van der Waals surface area contributed by atoms with Crippen molar-refractivity contribution in [2.45, 2.75) is 24.5 Å². The third kappa shape index (κ3) is 3.68. The van der Waals surface area contributed by atoms with Gasteiger partial charge in [-0.15, -0.1) is 0 Å². The molecule has 39 heavy (non-hydrogen) atoms. The van der Waals surface area contributed by atoms with Crippen molar-refractivity contribution in [3.63, 3.8) is 0 Å². The smallest absolute Gasteiger partial charge is 0.255 e. The molecular weight excluding hydrogens is 510 g/mol. The van der Waals surface area contributed by atoms with Crippen LogP contribution in [0.1, 0.15) is 17.5 Å². The summed E-state index contributed by atoms with van der Waals surface area (Å²) >= 11 is 0. The number of phenols is 1. The number of primary amides is 1. The Labute approximate surface area is 222 Å². The molecule has 3 aliphatic rings. The van der Waals surface area contributed by atoms with Gasteiger partial charge in [-0.25, -0.2) is 5.21 Å². The van der Waals surface area contributed by atoms with Crippen molar-refractivity contribution in [2.24, 2.45) is 17.6 Å². The molecule has 1 unspecified atom stereocenters. The number of carbonyl (C=O) groups is 3. The maximum atomic E-state index is 13.9. The molecule has 0 aliphatic heterocycles. The molecule has 2 aromatic carbocycles. The Kier molecular flexibility index (Phi) is 6.12. The van der Waals surface area contributed by atoms with Crippen LogP contribution in [0.4, 0.5) is 5.69 Å². The first-order valence-electron chi connectivity index (χ1n) is 12.1. The highest BCUT2D eigenvalue weighted by atomic mass is 16.8. The van der Waals surface area contributed by atoms with E-state index in [1.165, 1.54) is 37.2 Å². The van der Waals surface area contributed by atoms with E-state index in [-0.39, 0.29) is 35.4 Å². The normalized spacial score (nSPS) is 27.3. The van der Waals surface area contributed by atoms with Gasteiger partial charge in [0.25, 0.3) is 5.91 Å². The second kappa shape index (κ2) is 9.00. The van der Waals surface area contributed by atoms with Gasteiger partial charge in [0.05, 0.1) is 11.6 Å². The second-order valence-corrected chi connectivity index (χ2v) is 10.3. The lowest BCUT2D eigenvalue weighted by atomic mass is 9.57. The quantitative estimate of drug-likeness (QED) is 0.206. The number of ketones is 2. The summed E-state index contributed by atoms with van der Waals surface area (Å²) in [6, 6.07) is 7.81. The number of quaternary nitrogens is 1. The Morgan fingerprint density at radius 1 is 1.15 bits per heavy atom. The molecule has 5 rings (SSSR count). The van der Waals surface area contributed by atoms with Crippen LogP contribution in [0.25, 0.3) is 16.9 Å². The number of aliphatic hydroxyl groups excluding tert-OH is 2. The lowest BCUT2D eigenvalue weighted by Crippen LogP contribution is -2.99. The maximum Gasteiger partial charge on any atom is 0.255 e. The molecule has 2 aromatic rings. The Morgan fingerprint density at radius 3 is 2.46 bits per heavy atom. The molecule has 0 spiro atoms. The molecule has 1 saturated carbocycles. The molecule has 0 saturated heterocycles. The number of hydrogen-bond acceptors (Lipinski definition) is 10. The number of amides is 1. The second-order valence-electron chi connectivity index (χ2n) is 10.3. The van der Waals surface area contributed by atoms with E-state index in [4.69, 9.17) is 5.73 Å². The average molecular weight is 538 g/mol. The van der Waals surface area contributed by atoms with Gasteiger partial charge in [0.1, 0.15) is 22.8 Å². The van der Waals surface area contributed by atoms with Crippen LogP contribution >= 0.6 is 0 Å². The minimum atomic E-state index is -2.71. The molecule has 1 fully saturated rings. The topological polar surface area (TPSA) is 209 Å². The molecule has 12 nitrogen and oxygen atoms in total. The highest BCUT2D eigenvalue weighted by Gasteiger charge is 2.64. The van der Waals surface area contributed by atoms with E-state index >= 15 is 0 Å². The van der Waals surface area contributed by atoms with Gasteiger partial charge in [-0.1, -0.05) is 18.2 Å². The van der Waals surface area contributed by atoms with Crippen molar-refractivity contribution in [3.8, 4) is 16.9 Å². The van der Waals surface area contributed by atoms with E-state index < -0.39 is 63.3 Å². The molecule has 0 radical (unpaired) electrons. The summed E-state index contributed by atoms with van der Waals surface area (Å²) in [4.78, 5) is 40.6. The zero-order valence-corrected chi connectivity index (χ0v) is 21.0. The summed E-state index contributed by atoms with van der Waals surface area (Å²) in [5.74, 6) is -7.27. The predicted octanol–water partition coefficient (Wildman–Crippen LogP) is 0.0344. The molecule has 5 atom stereocenters. The zero-order valence-electron chi connectivity index (χ0n) is 21.0. The Morgan fingerprint density at radius 2 is 1.85 bits per heavy atom. The number of nitrogens with one attached hydrogen (secondary N) is 1. The zero-order chi connectivity index (χ0) is 28.5. The largest absolute Gasteiger partial charge is 0.595 e. The van der Waals surface area contributed by atoms with Crippen LogP contribution in [0.15, 0.2) is 53.3 Å². The van der Waals surface area contributed by atoms with Crippen LogP contribution in [0.5, 0.6) is 5.75 Å². The Bertz CT molecular complexity index is 1510. The molecule has 204 valence electrons. The van der Waals surface area contributed by atoms with Gasteiger partial charge < -0.3 is 31.4 Å². The van der Waals surface area contributed by atoms with Crippen LogP contribution in [0.3, 0.4) is 0 Å². The molecule has 0 heterocycles. The van der Waals surface area contributed by atoms with Gasteiger partial charge in [-0.3, -0.25) is 19.3 Å². The van der Waals surface area contributed by atoms with Gasteiger partial charge in [-0.05, 0) is 55.6 Å². The summed E-state index contributed by atoms with van der Waals surface area (Å²) in [7, 11) is 3.05. The van der Waals surface area contributed by atoms with E-state index in [2.05, 4.69) is 0 Å². The van der Waals surface area contributed by atoms with Crippen LogP contribution in [0, 0.1) is 17.0 Å². The number of hydrogen-bond donors (Lipinski definition) is 7. The first kappa shape index (κ1) is 26.5. The van der Waals surface area contributed by atoms with E-state index in [1.54, 1.807) is 18.2 Å². The number of rotatable bonds is 4. The van der Waals surface area contributed by atoms with Gasteiger partial charge in [0.15, 0.2) is 17.1 Å². The molecule has 1 amide bonds. The molecule has 0 bridgehead atoms. The summed E-state index contributed by atoms with van der Waals surface area (Å²) in [6.07, 6.45) is 0.0472. The summed E-state index contributed by atoms with van der Waals surface area (Å²) in [6.45, 7) is 0. The SMILES string of the molecule is CN(C)[C@@H]1C(=O)C(C(N)=O)=C(O)[C@@]2(O)C(=O)C3=C(O)c4c(O)ccc(-c5cccc([NH+]([O-])O)c5)c4C[C@H]3C[C@@H]12. The number of Topliss-reactive ketones (excluding diaryl/α,β-unsaturated/α-hetero) is 2. The molecule has 12 heteroatoms. The number of nitrogens with zero attached hydrogens (tertiary/aromatic N) is 1. The van der Waals surface area contributed by atoms with E-state index in [1.807, 2.05) is 0 Å². The number of benzene rings is 2. The minimum Gasteiger partial charge on any atom is -0.595 e. The Balaban J connectivity index is 1.73. The highest BCUT2D eigenvalue weighted by molar-refractivity contribution is 6.24. The Hall–Kier alpha value is -4.07. The van der Waals surface area contributed by atoms with Crippen molar-refractivity contribution in [3.05, 3.63) is 69.6 Å². The van der Waals surface area contributed by atoms with Crippen molar-refractivity contribution in [1.29, 1.82) is 0 Å². The predicted molar refractivity (Wildman–Crippen MR) is 135 cm³/mol. The van der Waals surface area contributed by atoms with E-state index in [0.29, 0.717) is 16.7 Å². The number of phenolic OH excluding ortho intramolecular Hbond substituents is 1. The lowest BCUT2D eigenvalue weighted by Gasteiger charge is -2.50. The molecular formula is C27H27N3O9. The number of likely N-dealkylation sites (N-methyl/N-ethyl adjacent to an activating group) is 1. The third-order valence-electron chi connectivity index (χ3n) is 8.02. The number of aromatic hydroxyl groups is 1. The molecule has 0 aromatic heterocycles. The monoisotopic (exact) mass is 537 g/mol. The van der Waals surface area contributed by atoms with E-state index in [9.17, 15) is 45.2 Å². The number of carbonyl (C=O) groups excluding carboxylic acids is 3. The van der Waals surface area contributed by atoms with Crippen LogP contribution in [0.2, 0.25) is 0 Å². The summed E-state index contributed by atoms with van der Waals surface area (Å²) < 4.78 is 0. The fourth-order valence-corrected chi connectivity index (χ4v) is 6.33. The van der Waals surface area contributed by atoms with Crippen molar-refractivity contribution >= 4 is 28.9 Å². The van der Waals surface area contributed by atoms with Gasteiger partial charge in [0, 0.05) is 23.6 Å². The van der Waals surface area contributed by atoms with Crippen LogP contribution in [-0.4, -0.2) is 73.7 Å². The van der Waals surface area contributed by atoms with Gasteiger partial charge in [-0.2, -0.15) is 5.23 Å². The molecule has 8 N–H and O–H groups in total. The highest BCUT2D eigenvalue weighted by Crippen LogP contribution is 2.53. The average Bonchev–Trinajstić information content (AvgIpc) is 2.86. The first-order chi connectivity index (χ1) is 18.3.